The van der Waals surface area contributed by atoms with Gasteiger partial charge in [0.1, 0.15) is 5.82 Å². The number of methoxy groups -OCH3 is 1. The van der Waals surface area contributed by atoms with Crippen molar-refractivity contribution in [3.63, 3.8) is 0 Å². The van der Waals surface area contributed by atoms with E-state index < -0.39 is 11.2 Å². The second-order valence-corrected chi connectivity index (χ2v) is 6.56. The lowest BCUT2D eigenvalue weighted by Gasteiger charge is -2.53. The van der Waals surface area contributed by atoms with Crippen LogP contribution in [0.15, 0.2) is 18.3 Å². The highest BCUT2D eigenvalue weighted by atomic mass is 19.1. The first-order valence-electron chi connectivity index (χ1n) is 8.21. The number of ether oxygens (including phenoxy) is 1. The number of rotatable bonds is 5. The zero-order valence-corrected chi connectivity index (χ0v) is 13.8. The SMILES string of the molecule is COCCN1CC2(CCCN(C(=O)Cc3ccc(F)cn3)C2)C1=O. The Hall–Kier alpha value is -2.02. The highest BCUT2D eigenvalue weighted by Crippen LogP contribution is 2.40. The summed E-state index contributed by atoms with van der Waals surface area (Å²) in [5.41, 5.74) is 0.125. The average molecular weight is 335 g/mol. The van der Waals surface area contributed by atoms with Crippen LogP contribution in [0.1, 0.15) is 18.5 Å². The third-order valence-corrected chi connectivity index (χ3v) is 4.85. The molecule has 2 saturated heterocycles. The van der Waals surface area contributed by atoms with Gasteiger partial charge in [0.2, 0.25) is 11.8 Å². The summed E-state index contributed by atoms with van der Waals surface area (Å²) in [6.07, 6.45) is 2.90. The Morgan fingerprint density at radius 3 is 2.92 bits per heavy atom. The Kier molecular flexibility index (Phi) is 4.80. The minimum absolute atomic E-state index is 0.0590. The van der Waals surface area contributed by atoms with Gasteiger partial charge in [0, 0.05) is 39.0 Å². The van der Waals surface area contributed by atoms with E-state index in [4.69, 9.17) is 4.74 Å². The molecule has 0 saturated carbocycles. The smallest absolute Gasteiger partial charge is 0.232 e. The first-order chi connectivity index (χ1) is 11.5. The largest absolute Gasteiger partial charge is 0.383 e. The molecule has 0 radical (unpaired) electrons. The molecule has 0 bridgehead atoms. The molecule has 1 aromatic rings. The first kappa shape index (κ1) is 16.8. The van der Waals surface area contributed by atoms with Gasteiger partial charge in [-0.3, -0.25) is 14.6 Å². The average Bonchev–Trinajstić information content (AvgIpc) is 2.60. The minimum atomic E-state index is -0.419. The lowest BCUT2D eigenvalue weighted by molar-refractivity contribution is -0.168. The number of nitrogens with zero attached hydrogens (tertiary/aromatic N) is 3. The van der Waals surface area contributed by atoms with Gasteiger partial charge in [-0.2, -0.15) is 0 Å². The van der Waals surface area contributed by atoms with E-state index in [-0.39, 0.29) is 18.2 Å². The summed E-state index contributed by atoms with van der Waals surface area (Å²) in [5.74, 6) is -0.354. The van der Waals surface area contributed by atoms with Crippen LogP contribution >= 0.6 is 0 Å². The van der Waals surface area contributed by atoms with Gasteiger partial charge in [-0.15, -0.1) is 0 Å². The Morgan fingerprint density at radius 1 is 1.42 bits per heavy atom. The molecule has 0 aromatic carbocycles. The van der Waals surface area contributed by atoms with E-state index in [2.05, 4.69) is 4.98 Å². The number of β-lactam (4-membered cyclic amide) rings is 1. The van der Waals surface area contributed by atoms with E-state index in [9.17, 15) is 14.0 Å². The summed E-state index contributed by atoms with van der Waals surface area (Å²) in [7, 11) is 1.62. The first-order valence-corrected chi connectivity index (χ1v) is 8.21. The monoisotopic (exact) mass is 335 g/mol. The van der Waals surface area contributed by atoms with E-state index >= 15 is 0 Å². The normalized spacial score (nSPS) is 23.5. The molecule has 1 aromatic heterocycles. The molecule has 7 heteroatoms. The summed E-state index contributed by atoms with van der Waals surface area (Å²) in [5, 5.41) is 0. The van der Waals surface area contributed by atoms with Crippen molar-refractivity contribution in [2.45, 2.75) is 19.3 Å². The van der Waals surface area contributed by atoms with Crippen molar-refractivity contribution in [3.05, 3.63) is 29.8 Å². The Bertz CT molecular complexity index is 622. The molecule has 0 N–H and O–H groups in total. The molecular weight excluding hydrogens is 313 g/mol. The van der Waals surface area contributed by atoms with Crippen molar-refractivity contribution in [2.24, 2.45) is 5.41 Å². The van der Waals surface area contributed by atoms with Crippen molar-refractivity contribution in [1.29, 1.82) is 0 Å². The molecule has 1 spiro atoms. The van der Waals surface area contributed by atoms with E-state index in [1.54, 1.807) is 16.9 Å². The lowest BCUT2D eigenvalue weighted by Crippen LogP contribution is -2.67. The minimum Gasteiger partial charge on any atom is -0.383 e. The van der Waals surface area contributed by atoms with Crippen LogP contribution in [0, 0.1) is 11.2 Å². The third-order valence-electron chi connectivity index (χ3n) is 4.85. The fraction of sp³-hybridized carbons (Fsp3) is 0.588. The molecule has 0 aliphatic carbocycles. The van der Waals surface area contributed by atoms with E-state index in [1.165, 1.54) is 12.1 Å². The van der Waals surface area contributed by atoms with Gasteiger partial charge in [0.05, 0.1) is 24.6 Å². The molecule has 2 fully saturated rings. The topological polar surface area (TPSA) is 62.7 Å². The Balaban J connectivity index is 1.58. The van der Waals surface area contributed by atoms with Crippen molar-refractivity contribution in [3.8, 4) is 0 Å². The summed E-state index contributed by atoms with van der Waals surface area (Å²) in [4.78, 5) is 32.4. The van der Waals surface area contributed by atoms with Gasteiger partial charge in [0.15, 0.2) is 0 Å². The molecule has 6 nitrogen and oxygen atoms in total. The fourth-order valence-corrected chi connectivity index (χ4v) is 3.56. The van der Waals surface area contributed by atoms with Crippen LogP contribution in [0.3, 0.4) is 0 Å². The van der Waals surface area contributed by atoms with Gasteiger partial charge >= 0.3 is 0 Å². The number of hydrogen-bond donors (Lipinski definition) is 0. The van der Waals surface area contributed by atoms with Crippen LogP contribution in [0.4, 0.5) is 4.39 Å². The maximum Gasteiger partial charge on any atom is 0.232 e. The van der Waals surface area contributed by atoms with Crippen LogP contribution in [-0.4, -0.2) is 66.5 Å². The van der Waals surface area contributed by atoms with Gasteiger partial charge in [0.25, 0.3) is 0 Å². The van der Waals surface area contributed by atoms with Crippen molar-refractivity contribution in [1.82, 2.24) is 14.8 Å². The zero-order chi connectivity index (χ0) is 17.2. The maximum absolute atomic E-state index is 12.9. The van der Waals surface area contributed by atoms with Crippen LogP contribution in [0.2, 0.25) is 0 Å². The fourth-order valence-electron chi connectivity index (χ4n) is 3.56. The maximum atomic E-state index is 12.9. The van der Waals surface area contributed by atoms with E-state index in [0.717, 1.165) is 19.0 Å². The van der Waals surface area contributed by atoms with Crippen molar-refractivity contribution >= 4 is 11.8 Å². The number of piperidine rings is 1. The Morgan fingerprint density at radius 2 is 2.25 bits per heavy atom. The quantitative estimate of drug-likeness (QED) is 0.749. The van der Waals surface area contributed by atoms with Crippen LogP contribution in [0.5, 0.6) is 0 Å². The number of halogens is 1. The summed E-state index contributed by atoms with van der Waals surface area (Å²) < 4.78 is 17.9. The lowest BCUT2D eigenvalue weighted by atomic mass is 9.72. The van der Waals surface area contributed by atoms with Gasteiger partial charge in [-0.25, -0.2) is 4.39 Å². The number of carbonyl (C=O) groups excluding carboxylic acids is 2. The third kappa shape index (κ3) is 3.26. The summed E-state index contributed by atoms with van der Waals surface area (Å²) in [6, 6.07) is 2.82. The predicted octanol–water partition coefficient (Wildman–Crippen LogP) is 0.861. The molecule has 2 aliphatic heterocycles. The molecule has 3 heterocycles. The Labute approximate surface area is 140 Å². The second kappa shape index (κ2) is 6.84. The highest BCUT2D eigenvalue weighted by Gasteiger charge is 2.53. The van der Waals surface area contributed by atoms with Crippen LogP contribution in [0.25, 0.3) is 0 Å². The summed E-state index contributed by atoms with van der Waals surface area (Å²) >= 11 is 0. The molecule has 3 rings (SSSR count). The molecule has 1 atom stereocenters. The standard InChI is InChI=1S/C17H22FN3O3/c1-24-8-7-21-12-17(16(21)23)5-2-6-20(11-17)15(22)9-14-4-3-13(18)10-19-14/h3-4,10H,2,5-9,11-12H2,1H3. The number of carbonyl (C=O) groups is 2. The predicted molar refractivity (Wildman–Crippen MR) is 84.6 cm³/mol. The van der Waals surface area contributed by atoms with Crippen molar-refractivity contribution < 1.29 is 18.7 Å². The summed E-state index contributed by atoms with van der Waals surface area (Å²) in [6.45, 7) is 2.95. The highest BCUT2D eigenvalue weighted by molar-refractivity contribution is 5.90. The van der Waals surface area contributed by atoms with Gasteiger partial charge in [-0.05, 0) is 25.0 Å². The molecule has 130 valence electrons. The van der Waals surface area contributed by atoms with Gasteiger partial charge < -0.3 is 14.5 Å². The molecule has 1 unspecified atom stereocenters. The zero-order valence-electron chi connectivity index (χ0n) is 13.8. The number of amides is 2. The molecule has 2 amide bonds. The van der Waals surface area contributed by atoms with Crippen LogP contribution < -0.4 is 0 Å². The molecule has 2 aliphatic rings. The van der Waals surface area contributed by atoms with Gasteiger partial charge in [-0.1, -0.05) is 0 Å². The molecule has 24 heavy (non-hydrogen) atoms. The number of hydrogen-bond acceptors (Lipinski definition) is 4. The molecular formula is C17H22FN3O3. The number of pyridine rings is 1. The van der Waals surface area contributed by atoms with E-state index in [0.29, 0.717) is 38.5 Å². The van der Waals surface area contributed by atoms with E-state index in [1.807, 2.05) is 0 Å². The number of likely N-dealkylation sites (tertiary alicyclic amines) is 2. The second-order valence-electron chi connectivity index (χ2n) is 6.56. The number of aromatic nitrogens is 1. The van der Waals surface area contributed by atoms with Crippen molar-refractivity contribution in [2.75, 3.05) is 39.9 Å². The van der Waals surface area contributed by atoms with Crippen LogP contribution in [-0.2, 0) is 20.7 Å².